The lowest BCUT2D eigenvalue weighted by molar-refractivity contribution is 0.312. The van der Waals surface area contributed by atoms with Gasteiger partial charge in [-0.3, -0.25) is 4.98 Å². The maximum Gasteiger partial charge on any atom is 0.323 e. The van der Waals surface area contributed by atoms with Crippen LogP contribution in [0.2, 0.25) is 0 Å². The number of hydrogen-bond acceptors (Lipinski definition) is 7. The van der Waals surface area contributed by atoms with E-state index in [-0.39, 0.29) is 0 Å². The van der Waals surface area contributed by atoms with Crippen LogP contribution in [0.25, 0.3) is 0 Å². The second-order valence-electron chi connectivity index (χ2n) is 4.38. The number of aromatic nitrogens is 4. The van der Waals surface area contributed by atoms with Crippen molar-refractivity contribution in [2.45, 2.75) is 27.3 Å². The van der Waals surface area contributed by atoms with Crippen LogP contribution >= 0.6 is 0 Å². The van der Waals surface area contributed by atoms with Crippen LogP contribution in [-0.2, 0) is 6.54 Å². The Balaban J connectivity index is 2.13. The van der Waals surface area contributed by atoms with Crippen LogP contribution in [0.3, 0.4) is 0 Å². The smallest absolute Gasteiger partial charge is 0.323 e. The largest absolute Gasteiger partial charge is 0.464 e. The number of anilines is 2. The lowest BCUT2D eigenvalue weighted by Gasteiger charge is -2.10. The Morgan fingerprint density at radius 3 is 2.52 bits per heavy atom. The van der Waals surface area contributed by atoms with Gasteiger partial charge in [-0.15, -0.1) is 0 Å². The summed E-state index contributed by atoms with van der Waals surface area (Å²) in [6, 6.07) is 2.29. The first-order chi connectivity index (χ1) is 10.2. The molecule has 0 aliphatic carbocycles. The van der Waals surface area contributed by atoms with E-state index in [4.69, 9.17) is 4.74 Å². The molecule has 0 atom stereocenters. The van der Waals surface area contributed by atoms with Gasteiger partial charge in [0.2, 0.25) is 11.9 Å². The molecule has 112 valence electrons. The summed E-state index contributed by atoms with van der Waals surface area (Å²) in [6.45, 7) is 7.76. The molecule has 0 aliphatic heterocycles. The number of aryl methyl sites for hydroxylation is 1. The highest BCUT2D eigenvalue weighted by molar-refractivity contribution is 5.37. The van der Waals surface area contributed by atoms with Gasteiger partial charge in [-0.1, -0.05) is 0 Å². The van der Waals surface area contributed by atoms with Crippen molar-refractivity contribution in [2.75, 3.05) is 23.8 Å². The lowest BCUT2D eigenvalue weighted by Crippen LogP contribution is -2.11. The molecule has 7 heteroatoms. The van der Waals surface area contributed by atoms with E-state index in [0.29, 0.717) is 31.1 Å². The molecular formula is C14H20N6O. The molecule has 2 aromatic rings. The van der Waals surface area contributed by atoms with E-state index in [9.17, 15) is 0 Å². The number of hydrogen-bond donors (Lipinski definition) is 2. The summed E-state index contributed by atoms with van der Waals surface area (Å²) in [6.07, 6.45) is 3.61. The van der Waals surface area contributed by atoms with Gasteiger partial charge in [-0.2, -0.15) is 15.0 Å². The summed E-state index contributed by atoms with van der Waals surface area (Å²) in [5.74, 6) is 0.981. The molecular weight excluding hydrogens is 268 g/mol. The Labute approximate surface area is 124 Å². The van der Waals surface area contributed by atoms with Crippen molar-refractivity contribution in [1.82, 2.24) is 19.9 Å². The fourth-order valence-electron chi connectivity index (χ4n) is 1.72. The minimum atomic E-state index is 0.314. The minimum Gasteiger partial charge on any atom is -0.464 e. The molecule has 7 nitrogen and oxygen atoms in total. The van der Waals surface area contributed by atoms with E-state index in [0.717, 1.165) is 12.1 Å². The Kier molecular flexibility index (Phi) is 5.25. The number of ether oxygens (including phenoxy) is 1. The molecule has 0 aliphatic rings. The molecule has 2 N–H and O–H groups in total. The monoisotopic (exact) mass is 288 g/mol. The number of nitrogens with zero attached hydrogens (tertiary/aromatic N) is 4. The Morgan fingerprint density at radius 1 is 1.10 bits per heavy atom. The van der Waals surface area contributed by atoms with Crippen molar-refractivity contribution >= 4 is 11.9 Å². The Bertz CT molecular complexity index is 565. The fourth-order valence-corrected chi connectivity index (χ4v) is 1.72. The fraction of sp³-hybridized carbons (Fsp3) is 0.429. The molecule has 0 aromatic carbocycles. The van der Waals surface area contributed by atoms with Gasteiger partial charge in [0.05, 0.1) is 6.61 Å². The van der Waals surface area contributed by atoms with E-state index in [1.54, 1.807) is 6.20 Å². The highest BCUT2D eigenvalue weighted by Crippen LogP contribution is 2.13. The van der Waals surface area contributed by atoms with Crippen molar-refractivity contribution in [1.29, 1.82) is 0 Å². The summed E-state index contributed by atoms with van der Waals surface area (Å²) in [5.41, 5.74) is 2.27. The number of pyridine rings is 1. The summed E-state index contributed by atoms with van der Waals surface area (Å²) in [5, 5.41) is 6.24. The van der Waals surface area contributed by atoms with Crippen LogP contribution in [0.1, 0.15) is 25.0 Å². The second-order valence-corrected chi connectivity index (χ2v) is 4.38. The molecule has 0 amide bonds. The van der Waals surface area contributed by atoms with Crippen LogP contribution in [0.4, 0.5) is 11.9 Å². The number of rotatable bonds is 7. The minimum absolute atomic E-state index is 0.314. The quantitative estimate of drug-likeness (QED) is 0.806. The van der Waals surface area contributed by atoms with Gasteiger partial charge in [0.15, 0.2) is 0 Å². The molecule has 0 unspecified atom stereocenters. The summed E-state index contributed by atoms with van der Waals surface area (Å²) < 4.78 is 5.35. The van der Waals surface area contributed by atoms with Crippen molar-refractivity contribution in [3.63, 3.8) is 0 Å². The van der Waals surface area contributed by atoms with Crippen LogP contribution in [-0.4, -0.2) is 33.1 Å². The standard InChI is InChI=1S/C14H20N6O/c1-4-16-12-18-13(20-14(19-12)21-5-2)17-9-11-8-15-7-6-10(11)3/h6-8H,4-5,9H2,1-3H3,(H2,16,17,18,19,20). The van der Waals surface area contributed by atoms with E-state index in [1.165, 1.54) is 5.56 Å². The molecule has 2 rings (SSSR count). The van der Waals surface area contributed by atoms with E-state index in [1.807, 2.05) is 33.0 Å². The molecule has 0 fully saturated rings. The molecule has 2 aromatic heterocycles. The maximum atomic E-state index is 5.35. The van der Waals surface area contributed by atoms with Crippen molar-refractivity contribution in [2.24, 2.45) is 0 Å². The van der Waals surface area contributed by atoms with Crippen molar-refractivity contribution < 1.29 is 4.74 Å². The first-order valence-electron chi connectivity index (χ1n) is 6.99. The highest BCUT2D eigenvalue weighted by Gasteiger charge is 2.07. The zero-order valence-corrected chi connectivity index (χ0v) is 12.6. The molecule has 2 heterocycles. The third-order valence-corrected chi connectivity index (χ3v) is 2.81. The van der Waals surface area contributed by atoms with Gasteiger partial charge in [-0.25, -0.2) is 0 Å². The summed E-state index contributed by atoms with van der Waals surface area (Å²) in [4.78, 5) is 16.8. The van der Waals surface area contributed by atoms with Crippen molar-refractivity contribution in [3.05, 3.63) is 29.6 Å². The average Bonchev–Trinajstić information content (AvgIpc) is 2.47. The maximum absolute atomic E-state index is 5.35. The summed E-state index contributed by atoms with van der Waals surface area (Å²) in [7, 11) is 0. The van der Waals surface area contributed by atoms with Crippen LogP contribution < -0.4 is 15.4 Å². The predicted octanol–water partition coefficient (Wildman–Crippen LogP) is 2.02. The first-order valence-corrected chi connectivity index (χ1v) is 6.99. The zero-order valence-electron chi connectivity index (χ0n) is 12.6. The van der Waals surface area contributed by atoms with Gasteiger partial charge < -0.3 is 15.4 Å². The third kappa shape index (κ3) is 4.27. The van der Waals surface area contributed by atoms with E-state index >= 15 is 0 Å². The predicted molar refractivity (Wildman–Crippen MR) is 81.5 cm³/mol. The highest BCUT2D eigenvalue weighted by atomic mass is 16.5. The second kappa shape index (κ2) is 7.37. The Morgan fingerprint density at radius 2 is 1.86 bits per heavy atom. The Hall–Kier alpha value is -2.44. The average molecular weight is 288 g/mol. The zero-order chi connectivity index (χ0) is 15.1. The third-order valence-electron chi connectivity index (χ3n) is 2.81. The first kappa shape index (κ1) is 15.0. The van der Waals surface area contributed by atoms with Crippen LogP contribution in [0.15, 0.2) is 18.5 Å². The lowest BCUT2D eigenvalue weighted by atomic mass is 10.2. The topological polar surface area (TPSA) is 84.9 Å². The molecule has 0 radical (unpaired) electrons. The number of nitrogens with one attached hydrogen (secondary N) is 2. The van der Waals surface area contributed by atoms with E-state index in [2.05, 4.69) is 30.6 Å². The van der Waals surface area contributed by atoms with Gasteiger partial charge in [0.25, 0.3) is 0 Å². The molecule has 0 saturated carbocycles. The molecule has 0 spiro atoms. The van der Waals surface area contributed by atoms with Crippen molar-refractivity contribution in [3.8, 4) is 6.01 Å². The van der Waals surface area contributed by atoms with Crippen LogP contribution in [0, 0.1) is 6.92 Å². The van der Waals surface area contributed by atoms with Gasteiger partial charge in [-0.05, 0) is 38.0 Å². The van der Waals surface area contributed by atoms with Gasteiger partial charge in [0.1, 0.15) is 0 Å². The normalized spacial score (nSPS) is 10.2. The summed E-state index contributed by atoms with van der Waals surface area (Å²) >= 11 is 0. The SMILES string of the molecule is CCNc1nc(NCc2cnccc2C)nc(OCC)n1. The molecule has 0 bridgehead atoms. The van der Waals surface area contributed by atoms with Gasteiger partial charge in [0, 0.05) is 25.5 Å². The van der Waals surface area contributed by atoms with E-state index < -0.39 is 0 Å². The van der Waals surface area contributed by atoms with Gasteiger partial charge >= 0.3 is 6.01 Å². The molecule has 0 saturated heterocycles. The van der Waals surface area contributed by atoms with Crippen LogP contribution in [0.5, 0.6) is 6.01 Å². The molecule has 21 heavy (non-hydrogen) atoms.